The Labute approximate surface area is 376 Å². The zero-order valence-corrected chi connectivity index (χ0v) is 36.7. The second kappa shape index (κ2) is 14.4. The zero-order chi connectivity index (χ0) is 43.2. The summed E-state index contributed by atoms with van der Waals surface area (Å²) in [5.74, 6) is 0. The van der Waals surface area contributed by atoms with Gasteiger partial charge in [0.1, 0.15) is 0 Å². The van der Waals surface area contributed by atoms with Gasteiger partial charge in [0.15, 0.2) is 0 Å². The smallest absolute Gasteiger partial charge is 0.0502 e. The molecule has 64 heavy (non-hydrogen) atoms. The van der Waals surface area contributed by atoms with Crippen LogP contribution in [0.4, 0.5) is 34.1 Å². The van der Waals surface area contributed by atoms with Crippen molar-refractivity contribution in [2.75, 3.05) is 9.80 Å². The molecular formula is C62H48N2. The van der Waals surface area contributed by atoms with Crippen molar-refractivity contribution in [3.05, 3.63) is 241 Å². The van der Waals surface area contributed by atoms with E-state index in [9.17, 15) is 0 Å². The van der Waals surface area contributed by atoms with Gasteiger partial charge in [-0.1, -0.05) is 198 Å². The van der Waals surface area contributed by atoms with Gasteiger partial charge in [-0.2, -0.15) is 0 Å². The summed E-state index contributed by atoms with van der Waals surface area (Å²) in [5.41, 5.74) is 19.5. The fraction of sp³-hybridized carbons (Fsp3) is 0.0968. The lowest BCUT2D eigenvalue weighted by Gasteiger charge is -2.42. The van der Waals surface area contributed by atoms with Crippen molar-refractivity contribution in [2.24, 2.45) is 0 Å². The van der Waals surface area contributed by atoms with Gasteiger partial charge in [0.05, 0.1) is 22.7 Å². The molecule has 0 aliphatic carbocycles. The molecule has 0 spiro atoms. The van der Waals surface area contributed by atoms with Crippen molar-refractivity contribution >= 4 is 55.7 Å². The molecule has 10 aromatic rings. The lowest BCUT2D eigenvalue weighted by molar-refractivity contribution is 0.632. The van der Waals surface area contributed by atoms with Crippen molar-refractivity contribution in [3.8, 4) is 33.4 Å². The maximum Gasteiger partial charge on any atom is 0.0502 e. The predicted molar refractivity (Wildman–Crippen MR) is 271 cm³/mol. The Balaban J connectivity index is 1.16. The Hall–Kier alpha value is -7.68. The van der Waals surface area contributed by atoms with E-state index in [0.717, 1.165) is 11.4 Å². The third kappa shape index (κ3) is 5.72. The number of nitrogens with zero attached hydrogens (tertiary/aromatic N) is 2. The first-order valence-electron chi connectivity index (χ1n) is 22.5. The third-order valence-electron chi connectivity index (χ3n) is 14.2. The second-order valence-electron chi connectivity index (χ2n) is 18.5. The van der Waals surface area contributed by atoms with E-state index in [1.807, 2.05) is 0 Å². The first kappa shape index (κ1) is 38.0. The highest BCUT2D eigenvalue weighted by atomic mass is 15.2. The summed E-state index contributed by atoms with van der Waals surface area (Å²) < 4.78 is 0. The Bertz CT molecular complexity index is 3340. The summed E-state index contributed by atoms with van der Waals surface area (Å²) in [6.07, 6.45) is 0. The molecular weight excluding hydrogens is 773 g/mol. The SMILES string of the molecule is CC1(C)c2ccccc2N(c2ccc3c(-c4ccc(-c5ccccc5)cc4)c4cc(N5c6ccccc6C(C)(C)c6ccccc65)ccc4c(-c4ccccc4)c3c2)c2ccccc21. The molecule has 2 aliphatic heterocycles. The molecule has 2 nitrogen and oxygen atoms in total. The largest absolute Gasteiger partial charge is 0.310 e. The van der Waals surface area contributed by atoms with Crippen molar-refractivity contribution in [3.63, 3.8) is 0 Å². The van der Waals surface area contributed by atoms with Gasteiger partial charge in [0, 0.05) is 22.2 Å². The number of fused-ring (bicyclic) bond motifs is 6. The van der Waals surface area contributed by atoms with Crippen LogP contribution in [0.15, 0.2) is 218 Å². The van der Waals surface area contributed by atoms with Crippen LogP contribution in [0.5, 0.6) is 0 Å². The van der Waals surface area contributed by atoms with Crippen LogP contribution in [0.1, 0.15) is 49.9 Å². The maximum absolute atomic E-state index is 2.49. The normalized spacial score (nSPS) is 14.4. The summed E-state index contributed by atoms with van der Waals surface area (Å²) >= 11 is 0. The summed E-state index contributed by atoms with van der Waals surface area (Å²) in [6.45, 7) is 9.42. The van der Waals surface area contributed by atoms with Gasteiger partial charge in [0.2, 0.25) is 0 Å². The number of benzene rings is 10. The average Bonchev–Trinajstić information content (AvgIpc) is 3.34. The Morgan fingerprint density at radius 1 is 0.266 bits per heavy atom. The number of rotatable bonds is 5. The minimum atomic E-state index is -0.147. The van der Waals surface area contributed by atoms with E-state index in [0.29, 0.717) is 0 Å². The molecule has 12 rings (SSSR count). The number of para-hydroxylation sites is 4. The van der Waals surface area contributed by atoms with Crippen molar-refractivity contribution in [2.45, 2.75) is 38.5 Å². The molecule has 0 fully saturated rings. The second-order valence-corrected chi connectivity index (χ2v) is 18.5. The molecule has 0 saturated heterocycles. The molecule has 0 saturated carbocycles. The van der Waals surface area contributed by atoms with E-state index in [1.165, 1.54) is 99.9 Å². The highest BCUT2D eigenvalue weighted by Crippen LogP contribution is 2.55. The summed E-state index contributed by atoms with van der Waals surface area (Å²) in [5, 5.41) is 4.89. The van der Waals surface area contributed by atoms with Gasteiger partial charge >= 0.3 is 0 Å². The molecule has 0 aromatic heterocycles. The lowest BCUT2D eigenvalue weighted by Crippen LogP contribution is -2.30. The van der Waals surface area contributed by atoms with Crippen LogP contribution < -0.4 is 9.80 Å². The van der Waals surface area contributed by atoms with E-state index in [2.05, 4.69) is 256 Å². The molecule has 306 valence electrons. The van der Waals surface area contributed by atoms with E-state index >= 15 is 0 Å². The van der Waals surface area contributed by atoms with Crippen LogP contribution in [0.2, 0.25) is 0 Å². The van der Waals surface area contributed by atoms with Crippen LogP contribution >= 0.6 is 0 Å². The summed E-state index contributed by atoms with van der Waals surface area (Å²) in [7, 11) is 0. The van der Waals surface area contributed by atoms with Crippen molar-refractivity contribution in [1.82, 2.24) is 0 Å². The van der Waals surface area contributed by atoms with Gasteiger partial charge in [-0.05, 0) is 126 Å². The topological polar surface area (TPSA) is 6.48 Å². The fourth-order valence-electron chi connectivity index (χ4n) is 11.1. The summed E-state index contributed by atoms with van der Waals surface area (Å²) in [4.78, 5) is 4.97. The van der Waals surface area contributed by atoms with Crippen LogP contribution in [0.3, 0.4) is 0 Å². The monoisotopic (exact) mass is 820 g/mol. The third-order valence-corrected chi connectivity index (χ3v) is 14.2. The van der Waals surface area contributed by atoms with Crippen LogP contribution in [-0.2, 0) is 10.8 Å². The molecule has 10 aromatic carbocycles. The van der Waals surface area contributed by atoms with Crippen molar-refractivity contribution < 1.29 is 0 Å². The van der Waals surface area contributed by atoms with Crippen molar-refractivity contribution in [1.29, 1.82) is 0 Å². The van der Waals surface area contributed by atoms with Crippen LogP contribution in [-0.4, -0.2) is 0 Å². The van der Waals surface area contributed by atoms with Gasteiger partial charge < -0.3 is 9.80 Å². The summed E-state index contributed by atoms with van der Waals surface area (Å²) in [6, 6.07) is 81.1. The maximum atomic E-state index is 2.49. The molecule has 0 atom stereocenters. The molecule has 2 heteroatoms. The standard InChI is InChI=1S/C62H48N2/c1-61(2)51-23-11-15-27-55(51)63(56-28-16-12-24-52(56)61)45-36-38-48-49(39-45)59(43-21-9-6-10-22-43)47-37-35-46(40-50(47)60(48)44-33-31-42(32-34-44)41-19-7-5-8-20-41)64-57-29-17-13-25-53(57)62(3,4)54-26-14-18-30-58(54)64/h5-40H,1-4H3. The van der Waals surface area contributed by atoms with E-state index in [-0.39, 0.29) is 10.8 Å². The van der Waals surface area contributed by atoms with Gasteiger partial charge in [-0.3, -0.25) is 0 Å². The predicted octanol–water partition coefficient (Wildman–Crippen LogP) is 17.2. The Morgan fingerprint density at radius 2 is 0.562 bits per heavy atom. The average molecular weight is 821 g/mol. The molecule has 2 aliphatic rings. The van der Waals surface area contributed by atoms with Crippen LogP contribution in [0, 0.1) is 0 Å². The number of hydrogen-bond acceptors (Lipinski definition) is 2. The quantitative estimate of drug-likeness (QED) is 0.160. The fourth-order valence-corrected chi connectivity index (χ4v) is 11.1. The highest BCUT2D eigenvalue weighted by Gasteiger charge is 2.38. The van der Waals surface area contributed by atoms with Gasteiger partial charge in [0.25, 0.3) is 0 Å². The first-order valence-corrected chi connectivity index (χ1v) is 22.5. The van der Waals surface area contributed by atoms with Gasteiger partial charge in [-0.15, -0.1) is 0 Å². The molecule has 0 radical (unpaired) electrons. The van der Waals surface area contributed by atoms with E-state index < -0.39 is 0 Å². The van der Waals surface area contributed by atoms with E-state index in [4.69, 9.17) is 0 Å². The molecule has 0 bridgehead atoms. The molecule has 2 heterocycles. The Morgan fingerprint density at radius 3 is 0.953 bits per heavy atom. The minimum absolute atomic E-state index is 0.145. The highest BCUT2D eigenvalue weighted by molar-refractivity contribution is 6.23. The van der Waals surface area contributed by atoms with Crippen LogP contribution in [0.25, 0.3) is 54.9 Å². The van der Waals surface area contributed by atoms with Gasteiger partial charge in [-0.25, -0.2) is 0 Å². The number of anilines is 6. The minimum Gasteiger partial charge on any atom is -0.310 e. The number of hydrogen-bond donors (Lipinski definition) is 0. The lowest BCUT2D eigenvalue weighted by atomic mass is 9.73. The first-order chi connectivity index (χ1) is 31.3. The van der Waals surface area contributed by atoms with E-state index in [1.54, 1.807) is 0 Å². The molecule has 0 amide bonds. The zero-order valence-electron chi connectivity index (χ0n) is 36.7. The molecule has 0 unspecified atom stereocenters. The Kier molecular flexibility index (Phi) is 8.58. The molecule has 0 N–H and O–H groups in total.